The summed E-state index contributed by atoms with van der Waals surface area (Å²) in [6.45, 7) is 15.1. The quantitative estimate of drug-likeness (QED) is 0.295. The van der Waals surface area contributed by atoms with Crippen molar-refractivity contribution in [3.8, 4) is 11.5 Å². The first kappa shape index (κ1) is 30.3. The number of allylic oxidation sites excluding steroid dienone is 6. The number of carbonyl (C=O) groups is 1. The van der Waals surface area contributed by atoms with Crippen molar-refractivity contribution in [2.24, 2.45) is 0 Å². The van der Waals surface area contributed by atoms with Gasteiger partial charge in [-0.2, -0.15) is 0 Å². The van der Waals surface area contributed by atoms with Crippen molar-refractivity contribution in [1.29, 1.82) is 0 Å². The molecule has 1 atom stereocenters. The molecule has 0 saturated carbocycles. The first-order valence-corrected chi connectivity index (χ1v) is 14.4. The topological polar surface area (TPSA) is 47.6 Å². The number of fused-ring (bicyclic) bond motifs is 1. The summed E-state index contributed by atoms with van der Waals surface area (Å²) in [6, 6.07) is 11.3. The highest BCUT2D eigenvalue weighted by Crippen LogP contribution is 2.42. The van der Waals surface area contributed by atoms with Crippen LogP contribution in [0.4, 0.5) is 10.5 Å². The number of hydrogen-bond acceptors (Lipinski definition) is 3. The van der Waals surface area contributed by atoms with E-state index in [1.54, 1.807) is 0 Å². The maximum absolute atomic E-state index is 12.5. The van der Waals surface area contributed by atoms with Gasteiger partial charge in [-0.25, -0.2) is 4.79 Å². The molecule has 1 aliphatic heterocycles. The average Bonchev–Trinajstić information content (AvgIpc) is 2.88. The molecule has 0 spiro atoms. The molecule has 0 bridgehead atoms. The average molecular weight is 530 g/mol. The second-order valence-corrected chi connectivity index (χ2v) is 11.5. The number of benzene rings is 2. The monoisotopic (exact) mass is 529 g/mol. The van der Waals surface area contributed by atoms with E-state index in [2.05, 4.69) is 65.1 Å². The van der Waals surface area contributed by atoms with Crippen molar-refractivity contribution in [2.45, 2.75) is 105 Å². The fraction of sp³-hybridized carbons (Fsp3) is 0.457. The van der Waals surface area contributed by atoms with Gasteiger partial charge in [0.25, 0.3) is 0 Å². The maximum atomic E-state index is 12.5. The zero-order valence-electron chi connectivity index (χ0n) is 25.1. The molecular weight excluding hydrogens is 482 g/mol. The molecule has 0 radical (unpaired) electrons. The molecular formula is C35H47NO3. The molecule has 39 heavy (non-hydrogen) atoms. The SMILES string of the molecule is CC(C)=CCC/C(C)=C/CC/C(C)=C/CC[C@]1(C)CCc2cc(OC(=O)Nc3ccccc3)c(C)c(C)c2O1. The van der Waals surface area contributed by atoms with Crippen molar-refractivity contribution in [1.82, 2.24) is 0 Å². The van der Waals surface area contributed by atoms with Crippen molar-refractivity contribution in [2.75, 3.05) is 5.32 Å². The predicted octanol–water partition coefficient (Wildman–Crippen LogP) is 10.2. The second-order valence-electron chi connectivity index (χ2n) is 11.5. The molecule has 3 rings (SSSR count). The summed E-state index contributed by atoms with van der Waals surface area (Å²) in [6.07, 6.45) is 15.0. The lowest BCUT2D eigenvalue weighted by Crippen LogP contribution is -2.36. The first-order chi connectivity index (χ1) is 18.6. The van der Waals surface area contributed by atoms with Gasteiger partial charge < -0.3 is 9.47 Å². The number of hydrogen-bond donors (Lipinski definition) is 1. The Kier molecular flexibility index (Phi) is 11.0. The minimum atomic E-state index is -0.484. The van der Waals surface area contributed by atoms with E-state index in [1.165, 1.54) is 16.7 Å². The minimum Gasteiger partial charge on any atom is -0.487 e. The lowest BCUT2D eigenvalue weighted by molar-refractivity contribution is 0.0561. The van der Waals surface area contributed by atoms with Crippen LogP contribution in [0.1, 0.15) is 96.3 Å². The molecule has 0 aromatic heterocycles. The van der Waals surface area contributed by atoms with Gasteiger partial charge in [0, 0.05) is 5.69 Å². The van der Waals surface area contributed by atoms with Crippen molar-refractivity contribution >= 4 is 11.8 Å². The lowest BCUT2D eigenvalue weighted by Gasteiger charge is -2.37. The molecule has 0 unspecified atom stereocenters. The largest absolute Gasteiger partial charge is 0.487 e. The highest BCUT2D eigenvalue weighted by Gasteiger charge is 2.33. The van der Waals surface area contributed by atoms with E-state index < -0.39 is 6.09 Å². The third kappa shape index (κ3) is 9.45. The number of anilines is 1. The van der Waals surface area contributed by atoms with Gasteiger partial charge in [0.2, 0.25) is 0 Å². The van der Waals surface area contributed by atoms with E-state index in [0.717, 1.165) is 73.8 Å². The summed E-state index contributed by atoms with van der Waals surface area (Å²) in [4.78, 5) is 12.5. The first-order valence-electron chi connectivity index (χ1n) is 14.4. The number of ether oxygens (including phenoxy) is 2. The van der Waals surface area contributed by atoms with Crippen LogP contribution in [-0.4, -0.2) is 11.7 Å². The summed E-state index contributed by atoms with van der Waals surface area (Å²) in [7, 11) is 0. The normalized spacial score (nSPS) is 17.2. The van der Waals surface area contributed by atoms with Crippen LogP contribution in [0.5, 0.6) is 11.5 Å². The highest BCUT2D eigenvalue weighted by atomic mass is 16.6. The molecule has 1 heterocycles. The number of rotatable bonds is 11. The van der Waals surface area contributed by atoms with Crippen molar-refractivity contribution in [3.05, 3.63) is 88.0 Å². The van der Waals surface area contributed by atoms with Gasteiger partial charge in [-0.05, 0) is 135 Å². The number of aryl methyl sites for hydroxylation is 1. The Hall–Kier alpha value is -3.27. The standard InChI is InChI=1S/C35H47NO3/c1-25(2)14-11-15-26(3)16-12-17-27(4)18-13-22-35(7)23-21-30-24-32(28(5)29(6)33(30)39-35)38-34(37)36-31-19-9-8-10-20-31/h8-10,14,16,18-20,24H,11-13,15,17,21-23H2,1-7H3,(H,36,37)/b26-16+,27-18+/t35-/m1/s1. The fourth-order valence-corrected chi connectivity index (χ4v) is 4.96. The Morgan fingerprint density at radius 2 is 1.59 bits per heavy atom. The molecule has 4 heteroatoms. The van der Waals surface area contributed by atoms with Gasteiger partial charge >= 0.3 is 6.09 Å². The number of nitrogens with one attached hydrogen (secondary N) is 1. The van der Waals surface area contributed by atoms with E-state index >= 15 is 0 Å². The molecule has 2 aromatic carbocycles. The van der Waals surface area contributed by atoms with E-state index in [-0.39, 0.29) is 5.60 Å². The Bertz CT molecular complexity index is 1220. The van der Waals surface area contributed by atoms with Gasteiger partial charge in [-0.15, -0.1) is 0 Å². The molecule has 4 nitrogen and oxygen atoms in total. The van der Waals surface area contributed by atoms with Crippen LogP contribution in [0, 0.1) is 13.8 Å². The number of amides is 1. The van der Waals surface area contributed by atoms with Gasteiger partial charge in [-0.1, -0.05) is 53.1 Å². The zero-order chi connectivity index (χ0) is 28.4. The summed E-state index contributed by atoms with van der Waals surface area (Å²) in [5.74, 6) is 1.54. The minimum absolute atomic E-state index is 0.199. The lowest BCUT2D eigenvalue weighted by atomic mass is 9.86. The Balaban J connectivity index is 1.53. The van der Waals surface area contributed by atoms with Gasteiger partial charge in [0.1, 0.15) is 17.1 Å². The molecule has 0 aliphatic carbocycles. The highest BCUT2D eigenvalue weighted by molar-refractivity contribution is 5.86. The van der Waals surface area contributed by atoms with Crippen LogP contribution < -0.4 is 14.8 Å². The number of carbonyl (C=O) groups excluding carboxylic acids is 1. The van der Waals surface area contributed by atoms with Crippen LogP contribution in [0.2, 0.25) is 0 Å². The zero-order valence-corrected chi connectivity index (χ0v) is 25.1. The van der Waals surface area contributed by atoms with Crippen LogP contribution >= 0.6 is 0 Å². The Morgan fingerprint density at radius 1 is 0.949 bits per heavy atom. The van der Waals surface area contributed by atoms with Gasteiger partial charge in [0.15, 0.2) is 0 Å². The summed E-state index contributed by atoms with van der Waals surface area (Å²) >= 11 is 0. The van der Waals surface area contributed by atoms with Crippen LogP contribution in [0.25, 0.3) is 0 Å². The third-order valence-electron chi connectivity index (χ3n) is 7.65. The summed E-state index contributed by atoms with van der Waals surface area (Å²) in [5.41, 5.74) is 7.92. The van der Waals surface area contributed by atoms with Crippen molar-refractivity contribution < 1.29 is 14.3 Å². The molecule has 1 aliphatic rings. The maximum Gasteiger partial charge on any atom is 0.417 e. The van der Waals surface area contributed by atoms with Crippen molar-refractivity contribution in [3.63, 3.8) is 0 Å². The van der Waals surface area contributed by atoms with E-state index in [4.69, 9.17) is 9.47 Å². The second kappa shape index (κ2) is 14.2. The van der Waals surface area contributed by atoms with E-state index in [0.29, 0.717) is 11.4 Å². The smallest absolute Gasteiger partial charge is 0.417 e. The Labute approximate surface area is 236 Å². The predicted molar refractivity (Wildman–Crippen MR) is 164 cm³/mol. The number of para-hydroxylation sites is 1. The van der Waals surface area contributed by atoms with E-state index in [9.17, 15) is 4.79 Å². The molecule has 1 amide bonds. The van der Waals surface area contributed by atoms with Gasteiger partial charge in [0.05, 0.1) is 0 Å². The molecule has 2 aromatic rings. The van der Waals surface area contributed by atoms with Crippen LogP contribution in [-0.2, 0) is 6.42 Å². The van der Waals surface area contributed by atoms with Crippen LogP contribution in [0.3, 0.4) is 0 Å². The molecule has 0 fully saturated rings. The third-order valence-corrected chi connectivity index (χ3v) is 7.65. The Morgan fingerprint density at radius 3 is 2.26 bits per heavy atom. The van der Waals surface area contributed by atoms with Gasteiger partial charge in [-0.3, -0.25) is 5.32 Å². The summed E-state index contributed by atoms with van der Waals surface area (Å²) in [5, 5.41) is 2.79. The molecule has 0 saturated heterocycles. The molecule has 210 valence electrons. The molecule has 1 N–H and O–H groups in total. The van der Waals surface area contributed by atoms with E-state index in [1.807, 2.05) is 43.3 Å². The summed E-state index contributed by atoms with van der Waals surface area (Å²) < 4.78 is 12.3. The fourth-order valence-electron chi connectivity index (χ4n) is 4.96. The van der Waals surface area contributed by atoms with Crippen LogP contribution in [0.15, 0.2) is 71.3 Å².